The van der Waals surface area contributed by atoms with Crippen LogP contribution in [0.4, 0.5) is 0 Å². The molecule has 0 unspecified atom stereocenters. The predicted molar refractivity (Wildman–Crippen MR) is 108 cm³/mol. The van der Waals surface area contributed by atoms with Crippen molar-refractivity contribution in [3.05, 3.63) is 41.6 Å². The fourth-order valence-corrected chi connectivity index (χ4v) is 5.63. The molecular formula is C20H32NSi2+. The Morgan fingerprint density at radius 1 is 0.913 bits per heavy atom. The first-order chi connectivity index (χ1) is 11.6. The number of hydrogen-bond acceptors (Lipinski definition) is 0. The van der Waals surface area contributed by atoms with Gasteiger partial charge in [0, 0.05) is 21.3 Å². The molecule has 0 saturated heterocycles. The summed E-state index contributed by atoms with van der Waals surface area (Å²) in [5.74, 6) is 0. The average molecular weight is 346 g/mol. The molecule has 0 saturated carbocycles. The van der Waals surface area contributed by atoms with Crippen molar-refractivity contribution >= 4 is 26.5 Å². The zero-order valence-corrected chi connectivity index (χ0v) is 17.8. The van der Waals surface area contributed by atoms with Crippen LogP contribution in [0.5, 0.6) is 0 Å². The van der Waals surface area contributed by atoms with Crippen LogP contribution in [0.15, 0.2) is 30.5 Å². The summed E-state index contributed by atoms with van der Waals surface area (Å²) in [7, 11) is -1.20. The van der Waals surface area contributed by atoms with Gasteiger partial charge in [-0.1, -0.05) is 56.6 Å². The van der Waals surface area contributed by atoms with Gasteiger partial charge in [0.1, 0.15) is 7.05 Å². The Balaban J connectivity index is 2.72. The van der Waals surface area contributed by atoms with Crippen molar-refractivity contribution in [3.8, 4) is 11.3 Å². The number of rotatable bonds is 3. The number of aryl methyl sites for hydroxylation is 3. The fourth-order valence-electron chi connectivity index (χ4n) is 2.95. The van der Waals surface area contributed by atoms with E-state index in [0.29, 0.717) is 5.56 Å². The molecule has 0 radical (unpaired) electrons. The minimum Gasteiger partial charge on any atom is -0.201 e. The van der Waals surface area contributed by atoms with Crippen LogP contribution in [0.25, 0.3) is 11.3 Å². The van der Waals surface area contributed by atoms with Gasteiger partial charge in [-0.3, -0.25) is 0 Å². The number of hydrogen-bond donors (Lipinski definition) is 0. The average Bonchev–Trinajstić information content (AvgIpc) is 2.44. The van der Waals surface area contributed by atoms with Crippen molar-refractivity contribution in [2.45, 2.75) is 53.1 Å². The molecule has 1 aromatic carbocycles. The zero-order chi connectivity index (χ0) is 20.1. The summed E-state index contributed by atoms with van der Waals surface area (Å²) in [5.41, 5.74) is 4.03. The standard InChI is InChI=1S/C20H32NSi2/c1-15-12-17(22(4,5)6)10-11-18(15)19-13-20(23(7,8)9)16(2)14-21(19)3/h10-14H,1-9H3/q+1/i2D3. The van der Waals surface area contributed by atoms with Crippen molar-refractivity contribution in [2.24, 2.45) is 7.05 Å². The van der Waals surface area contributed by atoms with Gasteiger partial charge < -0.3 is 0 Å². The molecule has 1 nitrogen and oxygen atoms in total. The summed E-state index contributed by atoms with van der Waals surface area (Å²) in [6.07, 6.45) is 1.82. The van der Waals surface area contributed by atoms with E-state index in [-0.39, 0.29) is 0 Å². The minimum atomic E-state index is -2.08. The van der Waals surface area contributed by atoms with Gasteiger partial charge in [0.25, 0.3) is 0 Å². The molecule has 0 N–H and O–H groups in total. The van der Waals surface area contributed by atoms with Crippen LogP contribution in [0.1, 0.15) is 15.2 Å². The Morgan fingerprint density at radius 2 is 1.57 bits per heavy atom. The summed E-state index contributed by atoms with van der Waals surface area (Å²) in [5, 5.41) is 2.48. The molecule has 1 heterocycles. The Hall–Kier alpha value is -1.20. The van der Waals surface area contributed by atoms with E-state index in [1.54, 1.807) is 0 Å². The van der Waals surface area contributed by atoms with E-state index >= 15 is 0 Å². The van der Waals surface area contributed by atoms with Gasteiger partial charge in [0.05, 0.1) is 16.1 Å². The molecule has 124 valence electrons. The Kier molecular flexibility index (Phi) is 3.71. The SMILES string of the molecule is [2H]C([2H])([2H])c1c[n+](C)c(-c2ccc([Si](C)(C)C)cc2C)cc1[Si](C)(C)C. The van der Waals surface area contributed by atoms with E-state index in [1.807, 2.05) is 17.8 Å². The lowest BCUT2D eigenvalue weighted by Gasteiger charge is -2.20. The highest BCUT2D eigenvalue weighted by molar-refractivity contribution is 6.89. The summed E-state index contributed by atoms with van der Waals surface area (Å²) in [4.78, 5) is 0. The molecule has 0 aliphatic rings. The van der Waals surface area contributed by atoms with Crippen LogP contribution >= 0.6 is 0 Å². The van der Waals surface area contributed by atoms with Crippen LogP contribution in [-0.2, 0) is 7.05 Å². The molecule has 23 heavy (non-hydrogen) atoms. The van der Waals surface area contributed by atoms with Gasteiger partial charge in [-0.05, 0) is 30.6 Å². The zero-order valence-electron chi connectivity index (χ0n) is 18.8. The maximum atomic E-state index is 7.95. The lowest BCUT2D eigenvalue weighted by molar-refractivity contribution is -0.660. The quantitative estimate of drug-likeness (QED) is 0.587. The molecule has 0 fully saturated rings. The number of benzene rings is 1. The first kappa shape index (κ1) is 14.2. The predicted octanol–water partition coefficient (Wildman–Crippen LogP) is 3.89. The molecular weight excluding hydrogens is 310 g/mol. The van der Waals surface area contributed by atoms with Crippen LogP contribution in [0.2, 0.25) is 39.3 Å². The van der Waals surface area contributed by atoms with Gasteiger partial charge in [0.15, 0.2) is 6.20 Å². The molecule has 1 aromatic heterocycles. The molecule has 0 atom stereocenters. The summed E-state index contributed by atoms with van der Waals surface area (Å²) < 4.78 is 25.8. The summed E-state index contributed by atoms with van der Waals surface area (Å²) >= 11 is 0. The largest absolute Gasteiger partial charge is 0.212 e. The van der Waals surface area contributed by atoms with Gasteiger partial charge in [0.2, 0.25) is 5.69 Å². The molecule has 0 spiro atoms. The lowest BCUT2D eigenvalue weighted by atomic mass is 10.0. The van der Waals surface area contributed by atoms with E-state index in [4.69, 9.17) is 4.11 Å². The third kappa shape index (κ3) is 3.83. The normalized spacial score (nSPS) is 15.0. The van der Waals surface area contributed by atoms with Crippen LogP contribution in [-0.4, -0.2) is 16.1 Å². The Morgan fingerprint density at radius 3 is 2.04 bits per heavy atom. The first-order valence-electron chi connectivity index (χ1n) is 9.78. The number of nitrogens with zero attached hydrogens (tertiary/aromatic N) is 1. The summed E-state index contributed by atoms with van der Waals surface area (Å²) in [6, 6.07) is 8.90. The maximum Gasteiger partial charge on any atom is 0.212 e. The Bertz CT molecular complexity index is 829. The first-order valence-corrected chi connectivity index (χ1v) is 15.3. The molecule has 2 rings (SSSR count). The highest BCUT2D eigenvalue weighted by atomic mass is 28.3. The van der Waals surface area contributed by atoms with Crippen molar-refractivity contribution in [3.63, 3.8) is 0 Å². The van der Waals surface area contributed by atoms with E-state index in [2.05, 4.69) is 70.5 Å². The van der Waals surface area contributed by atoms with Crippen molar-refractivity contribution in [2.75, 3.05) is 0 Å². The second kappa shape index (κ2) is 6.02. The van der Waals surface area contributed by atoms with E-state index in [9.17, 15) is 0 Å². The molecule has 0 bridgehead atoms. The second-order valence-electron chi connectivity index (χ2n) is 8.63. The monoisotopic (exact) mass is 345 g/mol. The topological polar surface area (TPSA) is 3.88 Å². The molecule has 3 heteroatoms. The highest BCUT2D eigenvalue weighted by Gasteiger charge is 2.25. The lowest BCUT2D eigenvalue weighted by Crippen LogP contribution is -2.44. The van der Waals surface area contributed by atoms with Crippen molar-refractivity contribution < 1.29 is 8.68 Å². The van der Waals surface area contributed by atoms with E-state index in [1.165, 1.54) is 16.3 Å². The van der Waals surface area contributed by atoms with Crippen LogP contribution in [0, 0.1) is 13.8 Å². The van der Waals surface area contributed by atoms with Gasteiger partial charge in [-0.15, -0.1) is 0 Å². The van der Waals surface area contributed by atoms with Gasteiger partial charge in [-0.25, -0.2) is 4.57 Å². The minimum absolute atomic E-state index is 0.499. The number of aromatic nitrogens is 1. The fraction of sp³-hybridized carbons (Fsp3) is 0.450. The van der Waals surface area contributed by atoms with E-state index < -0.39 is 23.0 Å². The maximum absolute atomic E-state index is 7.95. The third-order valence-electron chi connectivity index (χ3n) is 4.45. The van der Waals surface area contributed by atoms with Crippen LogP contribution < -0.4 is 14.9 Å². The van der Waals surface area contributed by atoms with Crippen molar-refractivity contribution in [1.82, 2.24) is 0 Å². The molecule has 0 aliphatic heterocycles. The number of pyridine rings is 1. The molecule has 2 aromatic rings. The molecule has 0 amide bonds. The van der Waals surface area contributed by atoms with Crippen molar-refractivity contribution in [1.29, 1.82) is 0 Å². The summed E-state index contributed by atoms with van der Waals surface area (Å²) in [6.45, 7) is 13.8. The molecule has 0 aliphatic carbocycles. The highest BCUT2D eigenvalue weighted by Crippen LogP contribution is 2.21. The van der Waals surface area contributed by atoms with E-state index in [0.717, 1.165) is 10.9 Å². The van der Waals surface area contributed by atoms with Gasteiger partial charge >= 0.3 is 0 Å². The third-order valence-corrected chi connectivity index (χ3v) is 8.52. The second-order valence-corrected chi connectivity index (χ2v) is 18.7. The smallest absolute Gasteiger partial charge is 0.201 e. The van der Waals surface area contributed by atoms with Crippen LogP contribution in [0.3, 0.4) is 0 Å². The van der Waals surface area contributed by atoms with Gasteiger partial charge in [-0.2, -0.15) is 0 Å². The Labute approximate surface area is 148 Å².